The van der Waals surface area contributed by atoms with Crippen LogP contribution in [-0.4, -0.2) is 27.4 Å². The van der Waals surface area contributed by atoms with Gasteiger partial charge in [-0.2, -0.15) is 0 Å². The van der Waals surface area contributed by atoms with Crippen molar-refractivity contribution in [1.82, 2.24) is 14.5 Å². The molecule has 2 aromatic carbocycles. The maximum atomic E-state index is 13.4. The Kier molecular flexibility index (Phi) is 4.99. The number of rotatable bonds is 4. The predicted molar refractivity (Wildman–Crippen MR) is 97.8 cm³/mol. The van der Waals surface area contributed by atoms with Crippen LogP contribution in [0, 0.1) is 16.4 Å². The number of hydrogen-bond donors (Lipinski definition) is 1. The summed E-state index contributed by atoms with van der Waals surface area (Å²) < 4.78 is 28.9. The van der Waals surface area contributed by atoms with Crippen LogP contribution in [-0.2, 0) is 0 Å². The highest BCUT2D eigenvalue weighted by Crippen LogP contribution is 2.23. The molecule has 0 radical (unpaired) electrons. The van der Waals surface area contributed by atoms with Gasteiger partial charge in [0.25, 0.3) is 5.91 Å². The Hall–Kier alpha value is -2.80. The zero-order valence-corrected chi connectivity index (χ0v) is 15.1. The van der Waals surface area contributed by atoms with E-state index in [2.05, 4.69) is 4.98 Å². The third-order valence-corrected chi connectivity index (χ3v) is 4.68. The quantitative estimate of drug-likeness (QED) is 0.677. The largest absolute Gasteiger partial charge is 0.337 e. The van der Waals surface area contributed by atoms with Gasteiger partial charge in [-0.3, -0.25) is 9.36 Å². The van der Waals surface area contributed by atoms with Gasteiger partial charge in [-0.1, -0.05) is 6.07 Å². The Labute approximate surface area is 154 Å². The monoisotopic (exact) mass is 373 g/mol. The molecule has 1 atom stereocenters. The summed E-state index contributed by atoms with van der Waals surface area (Å²) in [6, 6.07) is 10.3. The molecule has 0 aliphatic rings. The van der Waals surface area contributed by atoms with Gasteiger partial charge in [0.2, 0.25) is 0 Å². The lowest BCUT2D eigenvalue weighted by atomic mass is 10.1. The van der Waals surface area contributed by atoms with E-state index in [1.807, 2.05) is 0 Å². The van der Waals surface area contributed by atoms with Crippen molar-refractivity contribution in [2.45, 2.75) is 13.0 Å². The van der Waals surface area contributed by atoms with Crippen LogP contribution in [0.25, 0.3) is 5.69 Å². The van der Waals surface area contributed by atoms with Gasteiger partial charge in [0, 0.05) is 30.7 Å². The smallest absolute Gasteiger partial charge is 0.254 e. The first kappa shape index (κ1) is 18.0. The van der Waals surface area contributed by atoms with Crippen LogP contribution in [0.5, 0.6) is 0 Å². The van der Waals surface area contributed by atoms with Crippen molar-refractivity contribution in [3.63, 3.8) is 0 Å². The highest BCUT2D eigenvalue weighted by atomic mass is 32.1. The number of H-pyrrole nitrogens is 1. The van der Waals surface area contributed by atoms with E-state index < -0.39 is 17.7 Å². The van der Waals surface area contributed by atoms with E-state index in [1.54, 1.807) is 55.2 Å². The van der Waals surface area contributed by atoms with Crippen LogP contribution in [0.3, 0.4) is 0 Å². The average Bonchev–Trinajstić information content (AvgIpc) is 3.08. The van der Waals surface area contributed by atoms with Gasteiger partial charge in [0.05, 0.1) is 6.04 Å². The molecule has 0 aliphatic heterocycles. The number of nitrogens with zero attached hydrogens (tertiary/aromatic N) is 2. The maximum absolute atomic E-state index is 13.4. The fourth-order valence-electron chi connectivity index (χ4n) is 2.66. The number of halogens is 2. The van der Waals surface area contributed by atoms with Crippen LogP contribution in [0.15, 0.2) is 54.9 Å². The topological polar surface area (TPSA) is 41.0 Å². The summed E-state index contributed by atoms with van der Waals surface area (Å²) in [5, 5.41) is 0. The van der Waals surface area contributed by atoms with Crippen LogP contribution in [0.1, 0.15) is 28.9 Å². The first-order chi connectivity index (χ1) is 12.4. The second-order valence-corrected chi connectivity index (χ2v) is 6.33. The molecule has 1 heterocycles. The minimum atomic E-state index is -0.928. The zero-order valence-electron chi connectivity index (χ0n) is 14.2. The molecular formula is C19H17F2N3OS. The number of benzene rings is 2. The Morgan fingerprint density at radius 1 is 1.15 bits per heavy atom. The Bertz CT molecular complexity index is 995. The fourth-order valence-corrected chi connectivity index (χ4v) is 2.90. The molecule has 1 N–H and O–H groups in total. The van der Waals surface area contributed by atoms with Crippen molar-refractivity contribution in [1.29, 1.82) is 0 Å². The van der Waals surface area contributed by atoms with E-state index in [0.29, 0.717) is 15.9 Å². The van der Waals surface area contributed by atoms with Crippen molar-refractivity contribution in [2.75, 3.05) is 7.05 Å². The summed E-state index contributed by atoms with van der Waals surface area (Å²) in [6.45, 7) is 1.76. The summed E-state index contributed by atoms with van der Waals surface area (Å²) in [6.07, 6.45) is 3.54. The first-order valence-corrected chi connectivity index (χ1v) is 8.38. The van der Waals surface area contributed by atoms with Crippen molar-refractivity contribution in [2.24, 2.45) is 0 Å². The Balaban J connectivity index is 1.80. The van der Waals surface area contributed by atoms with Crippen LogP contribution in [0.2, 0.25) is 0 Å². The normalized spacial score (nSPS) is 12.0. The third-order valence-electron chi connectivity index (χ3n) is 4.37. The van der Waals surface area contributed by atoms with Crippen molar-refractivity contribution in [3.8, 4) is 5.69 Å². The summed E-state index contributed by atoms with van der Waals surface area (Å²) in [4.78, 5) is 17.1. The molecule has 0 bridgehead atoms. The van der Waals surface area contributed by atoms with Crippen LogP contribution < -0.4 is 0 Å². The number of amides is 1. The molecule has 26 heavy (non-hydrogen) atoms. The summed E-state index contributed by atoms with van der Waals surface area (Å²) in [5.41, 5.74) is 1.85. The lowest BCUT2D eigenvalue weighted by Gasteiger charge is -2.25. The summed E-state index contributed by atoms with van der Waals surface area (Å²) in [7, 11) is 1.63. The highest BCUT2D eigenvalue weighted by Gasteiger charge is 2.20. The van der Waals surface area contributed by atoms with Crippen LogP contribution in [0.4, 0.5) is 8.78 Å². The standard InChI is InChI=1S/C19H17F2N3OS/c1-12(14-5-8-16(20)17(21)11-14)23(2)18(25)13-3-6-15(7-4-13)24-10-9-22-19(24)26/h3-12H,1-2H3,(H,22,26)/t12-/m0/s1. The molecule has 4 nitrogen and oxygen atoms in total. The van der Waals surface area contributed by atoms with Gasteiger partial charge in [0.15, 0.2) is 16.4 Å². The SMILES string of the molecule is C[C@@H](c1ccc(F)c(F)c1)N(C)C(=O)c1ccc(-n2cc[nH]c2=S)cc1. The number of hydrogen-bond acceptors (Lipinski definition) is 2. The van der Waals surface area contributed by atoms with Crippen molar-refractivity contribution >= 4 is 18.1 Å². The molecule has 3 rings (SSSR count). The molecule has 7 heteroatoms. The third kappa shape index (κ3) is 3.43. The molecule has 1 amide bonds. The van der Waals surface area contributed by atoms with Gasteiger partial charge in [0.1, 0.15) is 0 Å². The number of carbonyl (C=O) groups excluding carboxylic acids is 1. The molecule has 134 valence electrons. The van der Waals surface area contributed by atoms with Crippen molar-refractivity contribution in [3.05, 3.63) is 82.4 Å². The maximum Gasteiger partial charge on any atom is 0.254 e. The van der Waals surface area contributed by atoms with Gasteiger partial charge >= 0.3 is 0 Å². The summed E-state index contributed by atoms with van der Waals surface area (Å²) in [5.74, 6) is -2.05. The minimum absolute atomic E-state index is 0.216. The van der Waals surface area contributed by atoms with Gasteiger partial charge in [-0.05, 0) is 61.1 Å². The highest BCUT2D eigenvalue weighted by molar-refractivity contribution is 7.71. The number of imidazole rings is 1. The van der Waals surface area contributed by atoms with E-state index in [9.17, 15) is 13.6 Å². The second-order valence-electron chi connectivity index (χ2n) is 5.95. The average molecular weight is 373 g/mol. The molecule has 0 saturated carbocycles. The van der Waals surface area contributed by atoms with E-state index >= 15 is 0 Å². The lowest BCUT2D eigenvalue weighted by Crippen LogP contribution is -2.29. The number of nitrogens with one attached hydrogen (secondary N) is 1. The second kappa shape index (κ2) is 7.21. The Morgan fingerprint density at radius 2 is 1.85 bits per heavy atom. The molecule has 0 unspecified atom stereocenters. The van der Waals surface area contributed by atoms with E-state index in [4.69, 9.17) is 12.2 Å². The fraction of sp³-hybridized carbons (Fsp3) is 0.158. The zero-order chi connectivity index (χ0) is 18.8. The van der Waals surface area contributed by atoms with E-state index in [0.717, 1.165) is 17.8 Å². The molecule has 0 saturated heterocycles. The first-order valence-electron chi connectivity index (χ1n) is 7.97. The molecule has 3 aromatic rings. The predicted octanol–water partition coefficient (Wildman–Crippen LogP) is 4.65. The van der Waals surface area contributed by atoms with Gasteiger partial charge < -0.3 is 9.88 Å². The molecule has 0 aliphatic carbocycles. The summed E-state index contributed by atoms with van der Waals surface area (Å²) >= 11 is 5.18. The Morgan fingerprint density at radius 3 is 2.42 bits per heavy atom. The number of aromatic nitrogens is 2. The number of carbonyl (C=O) groups is 1. The minimum Gasteiger partial charge on any atom is -0.337 e. The molecule has 0 fully saturated rings. The van der Waals surface area contributed by atoms with Gasteiger partial charge in [-0.25, -0.2) is 8.78 Å². The number of aromatic amines is 1. The molecular weight excluding hydrogens is 356 g/mol. The molecule has 0 spiro atoms. The molecule has 1 aromatic heterocycles. The van der Waals surface area contributed by atoms with Crippen LogP contribution >= 0.6 is 12.2 Å². The van der Waals surface area contributed by atoms with E-state index in [-0.39, 0.29) is 5.91 Å². The van der Waals surface area contributed by atoms with Crippen molar-refractivity contribution < 1.29 is 13.6 Å². The van der Waals surface area contributed by atoms with Gasteiger partial charge in [-0.15, -0.1) is 0 Å². The lowest BCUT2D eigenvalue weighted by molar-refractivity contribution is 0.0742. The van der Waals surface area contributed by atoms with E-state index in [1.165, 1.54) is 11.0 Å².